The quantitative estimate of drug-likeness (QED) is 0.631. The lowest BCUT2D eigenvalue weighted by atomic mass is 10.1. The van der Waals surface area contributed by atoms with Gasteiger partial charge in [0.05, 0.1) is 7.11 Å². The Labute approximate surface area is 160 Å². The second-order valence-electron chi connectivity index (χ2n) is 6.38. The minimum atomic E-state index is -0.206. The zero-order valence-corrected chi connectivity index (χ0v) is 16.3. The Morgan fingerprint density at radius 1 is 1.31 bits per heavy atom. The first-order valence-corrected chi connectivity index (χ1v) is 8.61. The Kier molecular flexibility index (Phi) is 9.23. The maximum atomic E-state index is 12.3. The summed E-state index contributed by atoms with van der Waals surface area (Å²) in [6, 6.07) is 5.32. The summed E-state index contributed by atoms with van der Waals surface area (Å²) >= 11 is 0. The van der Waals surface area contributed by atoms with Crippen LogP contribution in [0.15, 0.2) is 18.2 Å². The van der Waals surface area contributed by atoms with Crippen molar-refractivity contribution in [2.75, 3.05) is 26.8 Å². The molecule has 0 radical (unpaired) electrons. The largest absolute Gasteiger partial charge is 0.493 e. The highest BCUT2D eigenvalue weighted by Crippen LogP contribution is 2.28. The standard InChI is InChI=1S/C18H27N3O4.ClH/c1-12(2)21-17(22)11-25-15-7-6-13(9-16(15)24-3)18(23)20-10-14-5-4-8-19-14;/h6-7,9,12,14,19H,4-5,8,10-11H2,1-3H3,(H,20,23)(H,21,22);1H. The number of rotatable bonds is 8. The van der Waals surface area contributed by atoms with Gasteiger partial charge in [-0.2, -0.15) is 0 Å². The first-order valence-electron chi connectivity index (χ1n) is 8.61. The number of ether oxygens (including phenoxy) is 2. The third-order valence-corrected chi connectivity index (χ3v) is 3.91. The lowest BCUT2D eigenvalue weighted by Crippen LogP contribution is -2.37. The van der Waals surface area contributed by atoms with Crippen molar-refractivity contribution in [3.05, 3.63) is 23.8 Å². The van der Waals surface area contributed by atoms with Crippen LogP contribution in [-0.2, 0) is 4.79 Å². The van der Waals surface area contributed by atoms with Gasteiger partial charge in [-0.15, -0.1) is 12.4 Å². The molecule has 2 rings (SSSR count). The number of nitrogens with one attached hydrogen (secondary N) is 3. The van der Waals surface area contributed by atoms with Gasteiger partial charge in [0.15, 0.2) is 18.1 Å². The monoisotopic (exact) mass is 385 g/mol. The molecule has 1 saturated heterocycles. The van der Waals surface area contributed by atoms with Crippen LogP contribution in [0.4, 0.5) is 0 Å². The molecule has 1 unspecified atom stereocenters. The number of methoxy groups -OCH3 is 1. The van der Waals surface area contributed by atoms with Crippen molar-refractivity contribution >= 4 is 24.2 Å². The van der Waals surface area contributed by atoms with E-state index in [9.17, 15) is 9.59 Å². The Morgan fingerprint density at radius 2 is 2.08 bits per heavy atom. The Balaban J connectivity index is 0.00000338. The Bertz CT molecular complexity index is 604. The van der Waals surface area contributed by atoms with E-state index >= 15 is 0 Å². The van der Waals surface area contributed by atoms with Crippen molar-refractivity contribution in [2.45, 2.75) is 38.8 Å². The predicted molar refractivity (Wildman–Crippen MR) is 102 cm³/mol. The molecule has 26 heavy (non-hydrogen) atoms. The molecule has 1 aromatic carbocycles. The van der Waals surface area contributed by atoms with E-state index in [2.05, 4.69) is 16.0 Å². The van der Waals surface area contributed by atoms with Crippen LogP contribution >= 0.6 is 12.4 Å². The molecular weight excluding hydrogens is 358 g/mol. The average Bonchev–Trinajstić information content (AvgIpc) is 3.10. The van der Waals surface area contributed by atoms with Crippen LogP contribution in [0.1, 0.15) is 37.0 Å². The molecule has 7 nitrogen and oxygen atoms in total. The Hall–Kier alpha value is -1.99. The molecule has 0 aromatic heterocycles. The van der Waals surface area contributed by atoms with Crippen molar-refractivity contribution in [2.24, 2.45) is 0 Å². The molecule has 0 aliphatic carbocycles. The number of benzene rings is 1. The highest BCUT2D eigenvalue weighted by atomic mass is 35.5. The molecule has 1 atom stereocenters. The number of hydrogen-bond donors (Lipinski definition) is 3. The summed E-state index contributed by atoms with van der Waals surface area (Å²) in [6.45, 7) is 5.27. The second kappa shape index (κ2) is 10.9. The molecule has 8 heteroatoms. The summed E-state index contributed by atoms with van der Waals surface area (Å²) in [5, 5.41) is 9.01. The van der Waals surface area contributed by atoms with Crippen LogP contribution in [0, 0.1) is 0 Å². The van der Waals surface area contributed by atoms with E-state index in [1.54, 1.807) is 18.2 Å². The van der Waals surface area contributed by atoms with Gasteiger partial charge < -0.3 is 25.4 Å². The fourth-order valence-corrected chi connectivity index (χ4v) is 2.68. The third kappa shape index (κ3) is 6.72. The first-order chi connectivity index (χ1) is 12.0. The van der Waals surface area contributed by atoms with Crippen molar-refractivity contribution in [3.63, 3.8) is 0 Å². The molecule has 1 heterocycles. The van der Waals surface area contributed by atoms with Gasteiger partial charge in [-0.3, -0.25) is 9.59 Å². The van der Waals surface area contributed by atoms with E-state index in [1.165, 1.54) is 7.11 Å². The topological polar surface area (TPSA) is 88.7 Å². The van der Waals surface area contributed by atoms with E-state index < -0.39 is 0 Å². The molecule has 3 N–H and O–H groups in total. The lowest BCUT2D eigenvalue weighted by Gasteiger charge is -2.14. The van der Waals surface area contributed by atoms with Gasteiger partial charge in [0, 0.05) is 24.2 Å². The fourth-order valence-electron chi connectivity index (χ4n) is 2.68. The highest BCUT2D eigenvalue weighted by molar-refractivity contribution is 5.95. The van der Waals surface area contributed by atoms with Gasteiger partial charge in [-0.25, -0.2) is 0 Å². The van der Waals surface area contributed by atoms with Crippen molar-refractivity contribution in [1.82, 2.24) is 16.0 Å². The van der Waals surface area contributed by atoms with Crippen LogP contribution in [0.2, 0.25) is 0 Å². The van der Waals surface area contributed by atoms with E-state index in [1.807, 2.05) is 13.8 Å². The maximum Gasteiger partial charge on any atom is 0.258 e. The average molecular weight is 386 g/mol. The molecule has 1 aromatic rings. The molecule has 0 bridgehead atoms. The minimum absolute atomic E-state index is 0. The van der Waals surface area contributed by atoms with Crippen LogP contribution in [0.5, 0.6) is 11.5 Å². The highest BCUT2D eigenvalue weighted by Gasteiger charge is 2.16. The van der Waals surface area contributed by atoms with Gasteiger partial charge in [0.2, 0.25) is 0 Å². The SMILES string of the molecule is COc1cc(C(=O)NCC2CCCN2)ccc1OCC(=O)NC(C)C.Cl. The molecule has 0 saturated carbocycles. The minimum Gasteiger partial charge on any atom is -0.493 e. The molecule has 1 aliphatic heterocycles. The molecular formula is C18H28ClN3O4. The van der Waals surface area contributed by atoms with Crippen molar-refractivity contribution < 1.29 is 19.1 Å². The number of carbonyl (C=O) groups excluding carboxylic acids is 2. The molecule has 0 spiro atoms. The van der Waals surface area contributed by atoms with Crippen LogP contribution in [0.25, 0.3) is 0 Å². The van der Waals surface area contributed by atoms with E-state index in [0.29, 0.717) is 29.6 Å². The fraction of sp³-hybridized carbons (Fsp3) is 0.556. The molecule has 1 aliphatic rings. The zero-order valence-electron chi connectivity index (χ0n) is 15.5. The normalized spacial score (nSPS) is 15.9. The molecule has 1 fully saturated rings. The first kappa shape index (κ1) is 22.1. The number of amides is 2. The lowest BCUT2D eigenvalue weighted by molar-refractivity contribution is -0.123. The van der Waals surface area contributed by atoms with Crippen LogP contribution in [-0.4, -0.2) is 50.7 Å². The second-order valence-corrected chi connectivity index (χ2v) is 6.38. The third-order valence-electron chi connectivity index (χ3n) is 3.91. The Morgan fingerprint density at radius 3 is 2.69 bits per heavy atom. The maximum absolute atomic E-state index is 12.3. The van der Waals surface area contributed by atoms with E-state index in [-0.39, 0.29) is 36.9 Å². The van der Waals surface area contributed by atoms with Crippen molar-refractivity contribution in [3.8, 4) is 11.5 Å². The summed E-state index contributed by atoms with van der Waals surface area (Å²) in [7, 11) is 1.50. The predicted octanol–water partition coefficient (Wildman–Crippen LogP) is 1.50. The summed E-state index contributed by atoms with van der Waals surface area (Å²) in [6.07, 6.45) is 2.22. The van der Waals surface area contributed by atoms with E-state index in [0.717, 1.165) is 19.4 Å². The molecule has 146 valence electrons. The number of carbonyl (C=O) groups is 2. The summed E-state index contributed by atoms with van der Waals surface area (Å²) in [5.74, 6) is 0.485. The van der Waals surface area contributed by atoms with E-state index in [4.69, 9.17) is 9.47 Å². The number of halogens is 1. The smallest absolute Gasteiger partial charge is 0.258 e. The van der Waals surface area contributed by atoms with Gasteiger partial charge >= 0.3 is 0 Å². The zero-order chi connectivity index (χ0) is 18.2. The van der Waals surface area contributed by atoms with Gasteiger partial charge in [0.25, 0.3) is 11.8 Å². The van der Waals surface area contributed by atoms with Gasteiger partial charge in [0.1, 0.15) is 0 Å². The molecule has 2 amide bonds. The number of hydrogen-bond acceptors (Lipinski definition) is 5. The van der Waals surface area contributed by atoms with Gasteiger partial charge in [-0.1, -0.05) is 0 Å². The summed E-state index contributed by atoms with van der Waals surface area (Å²) in [5.41, 5.74) is 0.494. The van der Waals surface area contributed by atoms with Crippen LogP contribution in [0.3, 0.4) is 0 Å². The van der Waals surface area contributed by atoms with Gasteiger partial charge in [-0.05, 0) is 51.4 Å². The summed E-state index contributed by atoms with van der Waals surface area (Å²) in [4.78, 5) is 23.9. The summed E-state index contributed by atoms with van der Waals surface area (Å²) < 4.78 is 10.8. The van der Waals surface area contributed by atoms with Crippen LogP contribution < -0.4 is 25.4 Å². The van der Waals surface area contributed by atoms with Crippen molar-refractivity contribution in [1.29, 1.82) is 0 Å².